The van der Waals surface area contributed by atoms with Crippen LogP contribution in [0.25, 0.3) is 0 Å². The number of carboxylic acid groups (broad SMARTS) is 1. The van der Waals surface area contributed by atoms with Gasteiger partial charge in [-0.1, -0.05) is 11.8 Å². The van der Waals surface area contributed by atoms with Crippen molar-refractivity contribution in [1.82, 2.24) is 45.5 Å². The summed E-state index contributed by atoms with van der Waals surface area (Å²) in [5.41, 5.74) is -2.52. The first kappa shape index (κ1) is 35.1. The Labute approximate surface area is 272 Å². The predicted molar refractivity (Wildman–Crippen MR) is 162 cm³/mol. The Hall–Kier alpha value is -3.75. The number of aromatic nitrogens is 4. The lowest BCUT2D eigenvalue weighted by Crippen LogP contribution is -2.81. The zero-order valence-corrected chi connectivity index (χ0v) is 28.1. The van der Waals surface area contributed by atoms with Gasteiger partial charge in [0.25, 0.3) is 11.6 Å². The smallest absolute Gasteiger partial charge is 0.352 e. The maximum absolute atomic E-state index is 13.9. The highest BCUT2D eigenvalue weighted by atomic mass is 32.2. The molecule has 46 heavy (non-hydrogen) atoms. The minimum absolute atomic E-state index is 0.0840. The third-order valence-electron chi connectivity index (χ3n) is 7.41. The van der Waals surface area contributed by atoms with Crippen LogP contribution < -0.4 is 10.6 Å². The summed E-state index contributed by atoms with van der Waals surface area (Å²) < 4.78 is 13.0. The van der Waals surface area contributed by atoms with Crippen molar-refractivity contribution >= 4 is 59.2 Å². The van der Waals surface area contributed by atoms with Crippen LogP contribution >= 0.6 is 23.5 Å². The summed E-state index contributed by atoms with van der Waals surface area (Å²) >= 11 is 2.39. The highest BCUT2D eigenvalue weighted by Crippen LogP contribution is 2.47. The van der Waals surface area contributed by atoms with Gasteiger partial charge >= 0.3 is 23.8 Å². The number of carbonyl (C=O) groups is 6. The van der Waals surface area contributed by atoms with Crippen molar-refractivity contribution in [1.29, 1.82) is 0 Å². The molecule has 2 fully saturated rings. The van der Waals surface area contributed by atoms with Crippen LogP contribution in [-0.2, 0) is 40.5 Å². The molecule has 0 aromatic carbocycles. The van der Waals surface area contributed by atoms with Gasteiger partial charge in [-0.15, -0.1) is 16.9 Å². The average molecular weight is 684 g/mol. The van der Waals surface area contributed by atoms with E-state index in [1.165, 1.54) is 47.1 Å². The van der Waals surface area contributed by atoms with Gasteiger partial charge in [0, 0.05) is 45.3 Å². The standard InChI is InChI=1S/C26H37N9O9S2/c1-8-33-9-10-34(19(38)18(33)37)23(42)27-15(13(2)44-25(3,4)5)17(36)28-26(43-7)21(41)35-16(20(39)40)14(11-45-22(26)35)12-46-24-29-30-31-32(24)6/h13,15,22H,8-12H2,1-7H3,(H,27,42)(H,28,36)(H,39,40)/t13?,15?,22-,26+/m1/s1. The second-order valence-corrected chi connectivity index (χ2v) is 13.6. The molecule has 20 heteroatoms. The van der Waals surface area contributed by atoms with Crippen molar-refractivity contribution in [3.63, 3.8) is 0 Å². The van der Waals surface area contributed by atoms with Crippen LogP contribution in [-0.4, -0.2) is 143 Å². The third-order valence-corrected chi connectivity index (χ3v) is 9.88. The van der Waals surface area contributed by atoms with Gasteiger partial charge in [0.05, 0.1) is 11.7 Å². The lowest BCUT2D eigenvalue weighted by atomic mass is 9.97. The van der Waals surface area contributed by atoms with E-state index in [9.17, 15) is 33.9 Å². The van der Waals surface area contributed by atoms with Crippen molar-refractivity contribution in [3.8, 4) is 0 Å². The Kier molecular flexibility index (Phi) is 10.3. The Bertz CT molecular complexity index is 1460. The van der Waals surface area contributed by atoms with Crippen molar-refractivity contribution in [2.24, 2.45) is 7.05 Å². The lowest BCUT2D eigenvalue weighted by molar-refractivity contribution is -0.193. The number of carbonyl (C=O) groups excluding carboxylic acids is 5. The second-order valence-electron chi connectivity index (χ2n) is 11.6. The number of urea groups is 1. The van der Waals surface area contributed by atoms with Gasteiger partial charge in [0.2, 0.25) is 11.1 Å². The average Bonchev–Trinajstić information content (AvgIpc) is 3.41. The zero-order valence-electron chi connectivity index (χ0n) is 26.4. The molecule has 3 N–H and O–H groups in total. The quantitative estimate of drug-likeness (QED) is 0.110. The molecule has 18 nitrogen and oxygen atoms in total. The minimum atomic E-state index is -1.97. The highest BCUT2D eigenvalue weighted by molar-refractivity contribution is 8.01. The number of hydrogen-bond donors (Lipinski definition) is 3. The number of imide groups is 1. The van der Waals surface area contributed by atoms with Gasteiger partial charge in [-0.3, -0.25) is 29.0 Å². The largest absolute Gasteiger partial charge is 0.477 e. The van der Waals surface area contributed by atoms with E-state index in [0.717, 1.165) is 9.80 Å². The molecule has 0 bridgehead atoms. The molecule has 0 spiro atoms. The summed E-state index contributed by atoms with van der Waals surface area (Å²) in [5.74, 6) is -4.54. The number of nitrogens with one attached hydrogen (secondary N) is 2. The number of nitrogens with zero attached hydrogens (tertiary/aromatic N) is 7. The molecule has 4 atom stereocenters. The topological polar surface area (TPSA) is 218 Å². The molecule has 252 valence electrons. The van der Waals surface area contributed by atoms with Gasteiger partial charge in [-0.05, 0) is 50.6 Å². The first-order valence-corrected chi connectivity index (χ1v) is 16.3. The van der Waals surface area contributed by atoms with Crippen LogP contribution in [0.1, 0.15) is 34.6 Å². The second kappa shape index (κ2) is 13.5. The van der Waals surface area contributed by atoms with Crippen LogP contribution in [0.2, 0.25) is 0 Å². The van der Waals surface area contributed by atoms with Crippen molar-refractivity contribution < 1.29 is 43.3 Å². The third kappa shape index (κ3) is 6.69. The number of tetrazole rings is 1. The Morgan fingerprint density at radius 3 is 2.46 bits per heavy atom. The lowest BCUT2D eigenvalue weighted by Gasteiger charge is -2.56. The summed E-state index contributed by atoms with van der Waals surface area (Å²) in [5, 5.41) is 25.8. The predicted octanol–water partition coefficient (Wildman–Crippen LogP) is -1.01. The number of thioether (sulfide) groups is 2. The maximum atomic E-state index is 13.9. The number of piperazine rings is 1. The molecular weight excluding hydrogens is 646 g/mol. The number of β-lactam (4-membered cyclic amide) rings is 1. The number of amides is 6. The Morgan fingerprint density at radius 1 is 1.20 bits per heavy atom. The van der Waals surface area contributed by atoms with Crippen LogP contribution in [0.4, 0.5) is 4.79 Å². The van der Waals surface area contributed by atoms with E-state index in [1.54, 1.807) is 34.7 Å². The minimum Gasteiger partial charge on any atom is -0.477 e. The number of aliphatic carboxylic acids is 1. The van der Waals surface area contributed by atoms with Crippen LogP contribution in [0, 0.1) is 0 Å². The van der Waals surface area contributed by atoms with E-state index in [0.29, 0.717) is 17.3 Å². The van der Waals surface area contributed by atoms with E-state index < -0.39 is 64.5 Å². The monoisotopic (exact) mass is 683 g/mol. The van der Waals surface area contributed by atoms with Crippen LogP contribution in [0.15, 0.2) is 16.4 Å². The molecule has 1 aromatic rings. The molecule has 0 radical (unpaired) electrons. The van der Waals surface area contributed by atoms with Crippen molar-refractivity contribution in [3.05, 3.63) is 11.3 Å². The molecule has 4 heterocycles. The van der Waals surface area contributed by atoms with E-state index in [4.69, 9.17) is 9.47 Å². The van der Waals surface area contributed by atoms with E-state index in [2.05, 4.69) is 26.2 Å². The summed E-state index contributed by atoms with van der Waals surface area (Å²) in [4.78, 5) is 81.3. The van der Waals surface area contributed by atoms with Gasteiger partial charge in [-0.25, -0.2) is 14.3 Å². The van der Waals surface area contributed by atoms with Gasteiger partial charge in [0.15, 0.2) is 0 Å². The molecule has 1 aromatic heterocycles. The molecule has 3 aliphatic heterocycles. The Morgan fingerprint density at radius 2 is 1.89 bits per heavy atom. The fourth-order valence-electron chi connectivity index (χ4n) is 5.21. The van der Waals surface area contributed by atoms with Gasteiger partial charge < -0.3 is 30.1 Å². The number of ether oxygens (including phenoxy) is 2. The van der Waals surface area contributed by atoms with Gasteiger partial charge in [0.1, 0.15) is 17.1 Å². The SMILES string of the molecule is CCN1CCN(C(=O)NC(C(=O)N[C@]2(OC)C(=O)N3C(C(=O)O)=C(CSc4nnnn4C)CS[C@@H]32)C(C)OC(C)(C)C)C(=O)C1=O. The molecular formula is C26H37N9O9S2. The summed E-state index contributed by atoms with van der Waals surface area (Å²) in [6.07, 6.45) is -0.987. The Balaban J connectivity index is 1.56. The normalized spacial score (nSPS) is 23.2. The fraction of sp³-hybridized carbons (Fsp3) is 0.654. The van der Waals surface area contributed by atoms with Crippen LogP contribution in [0.3, 0.4) is 0 Å². The van der Waals surface area contributed by atoms with E-state index in [1.807, 2.05) is 0 Å². The highest BCUT2D eigenvalue weighted by Gasteiger charge is 2.67. The number of fused-ring (bicyclic) bond motifs is 1. The number of likely N-dealkylation sites (N-methyl/N-ethyl adjacent to an activating group) is 1. The first-order valence-electron chi connectivity index (χ1n) is 14.3. The number of carboxylic acids is 1. The van der Waals surface area contributed by atoms with Gasteiger partial charge in [-0.2, -0.15) is 0 Å². The van der Waals surface area contributed by atoms with E-state index >= 15 is 0 Å². The molecule has 0 saturated carbocycles. The van der Waals surface area contributed by atoms with E-state index in [-0.39, 0.29) is 30.3 Å². The number of aryl methyl sites for hydroxylation is 1. The number of methoxy groups -OCH3 is 1. The summed E-state index contributed by atoms with van der Waals surface area (Å²) in [7, 11) is 2.84. The molecule has 2 unspecified atom stereocenters. The molecule has 4 rings (SSSR count). The maximum Gasteiger partial charge on any atom is 0.352 e. The molecule has 2 saturated heterocycles. The summed E-state index contributed by atoms with van der Waals surface area (Å²) in [6.45, 7) is 8.80. The molecule has 3 aliphatic rings. The molecule has 6 amide bonds. The number of rotatable bonds is 11. The van der Waals surface area contributed by atoms with Crippen LogP contribution in [0.5, 0.6) is 0 Å². The van der Waals surface area contributed by atoms with Crippen molar-refractivity contribution in [2.75, 3.05) is 38.2 Å². The first-order chi connectivity index (χ1) is 21.6. The number of hydrogen-bond acceptors (Lipinski definition) is 13. The zero-order chi connectivity index (χ0) is 34.1. The van der Waals surface area contributed by atoms with Crippen molar-refractivity contribution in [2.45, 2.75) is 68.6 Å². The molecule has 0 aliphatic carbocycles. The summed E-state index contributed by atoms with van der Waals surface area (Å²) in [6, 6.07) is -2.45. The fourth-order valence-corrected chi connectivity index (χ4v) is 7.64.